The zero-order valence-corrected chi connectivity index (χ0v) is 8.79. The van der Waals surface area contributed by atoms with Gasteiger partial charge in [0.2, 0.25) is 0 Å². The average molecular weight is 214 g/mol. The molecule has 0 aromatic rings. The molecule has 12 heavy (non-hydrogen) atoms. The molecule has 0 aromatic carbocycles. The van der Waals surface area contributed by atoms with Crippen molar-refractivity contribution >= 4 is 25.7 Å². The maximum atomic E-state index is 10.7. The molecule has 0 saturated carbocycles. The molecule has 0 amide bonds. The van der Waals surface area contributed by atoms with Crippen LogP contribution >= 0.6 is 10.7 Å². The van der Waals surface area contributed by atoms with E-state index in [1.54, 1.807) is 13.8 Å². The molecule has 0 unspecified atom stereocenters. The molecule has 0 fully saturated rings. The molecule has 0 aliphatic rings. The minimum atomic E-state index is -3.76. The van der Waals surface area contributed by atoms with Crippen LogP contribution < -0.4 is 4.72 Å². The van der Waals surface area contributed by atoms with E-state index < -0.39 is 14.8 Å². The number of Topliss-reactive ketones (excluding diaryl/α,β-unsaturated/α-hetero) is 1. The Morgan fingerprint density at radius 2 is 1.92 bits per heavy atom. The van der Waals surface area contributed by atoms with E-state index in [4.69, 9.17) is 10.7 Å². The molecule has 0 aliphatic carbocycles. The number of carbonyl (C=O) groups excluding carboxylic acids is 1. The van der Waals surface area contributed by atoms with Crippen LogP contribution in [0.3, 0.4) is 0 Å². The van der Waals surface area contributed by atoms with Crippen molar-refractivity contribution in [3.8, 4) is 0 Å². The van der Waals surface area contributed by atoms with Crippen LogP contribution in [-0.2, 0) is 14.0 Å². The summed E-state index contributed by atoms with van der Waals surface area (Å²) >= 11 is 0. The van der Waals surface area contributed by atoms with Crippen LogP contribution in [0, 0.1) is 0 Å². The van der Waals surface area contributed by atoms with Gasteiger partial charge in [0.1, 0.15) is 5.78 Å². The highest BCUT2D eigenvalue weighted by atomic mass is 35.7. The van der Waals surface area contributed by atoms with Gasteiger partial charge in [0, 0.05) is 22.6 Å². The number of carbonyl (C=O) groups is 1. The summed E-state index contributed by atoms with van der Waals surface area (Å²) in [6.45, 7) is 4.58. The van der Waals surface area contributed by atoms with Crippen molar-refractivity contribution in [2.24, 2.45) is 0 Å². The summed E-state index contributed by atoms with van der Waals surface area (Å²) in [7, 11) is 1.19. The molecule has 0 saturated heterocycles. The molecular formula is C6H12ClNO3S. The van der Waals surface area contributed by atoms with E-state index in [0.717, 1.165) is 0 Å². The van der Waals surface area contributed by atoms with Gasteiger partial charge in [-0.2, -0.15) is 13.1 Å². The Bertz CT molecular complexity index is 271. The first-order valence-electron chi connectivity index (χ1n) is 3.35. The van der Waals surface area contributed by atoms with Crippen molar-refractivity contribution in [3.63, 3.8) is 0 Å². The third kappa shape index (κ3) is 6.57. The fourth-order valence-corrected chi connectivity index (χ4v) is 2.35. The Labute approximate surface area is 76.8 Å². The fraction of sp³-hybridized carbons (Fsp3) is 0.833. The average Bonchev–Trinajstić information content (AvgIpc) is 1.48. The highest BCUT2D eigenvalue weighted by Crippen LogP contribution is 2.11. The quantitative estimate of drug-likeness (QED) is 0.704. The van der Waals surface area contributed by atoms with Gasteiger partial charge in [0.25, 0.3) is 9.24 Å². The van der Waals surface area contributed by atoms with E-state index in [1.165, 1.54) is 6.92 Å². The van der Waals surface area contributed by atoms with E-state index in [2.05, 4.69) is 4.72 Å². The SMILES string of the molecule is CC(=O)CC(C)(C)NS(=O)(=O)Cl. The third-order valence-electron chi connectivity index (χ3n) is 1.09. The van der Waals surface area contributed by atoms with E-state index >= 15 is 0 Å². The van der Waals surface area contributed by atoms with E-state index in [-0.39, 0.29) is 12.2 Å². The first-order chi connectivity index (χ1) is 5.12. The highest BCUT2D eigenvalue weighted by molar-refractivity contribution is 8.12. The fourth-order valence-electron chi connectivity index (χ4n) is 0.988. The summed E-state index contributed by atoms with van der Waals surface area (Å²) in [5.74, 6) is -0.0900. The molecule has 0 rings (SSSR count). The molecular weight excluding hydrogens is 202 g/mol. The van der Waals surface area contributed by atoms with Gasteiger partial charge >= 0.3 is 0 Å². The summed E-state index contributed by atoms with van der Waals surface area (Å²) < 4.78 is 23.3. The van der Waals surface area contributed by atoms with Crippen molar-refractivity contribution < 1.29 is 13.2 Å². The summed E-state index contributed by atoms with van der Waals surface area (Å²) in [6, 6.07) is 0. The van der Waals surface area contributed by atoms with Crippen LogP contribution in [-0.4, -0.2) is 19.7 Å². The maximum absolute atomic E-state index is 10.7. The van der Waals surface area contributed by atoms with Gasteiger partial charge < -0.3 is 0 Å². The van der Waals surface area contributed by atoms with Crippen LogP contribution in [0.5, 0.6) is 0 Å². The Balaban J connectivity index is 4.33. The normalized spacial score (nSPS) is 13.0. The second-order valence-electron chi connectivity index (χ2n) is 3.30. The molecule has 0 aliphatic heterocycles. The zero-order chi connectivity index (χ0) is 9.99. The van der Waals surface area contributed by atoms with Gasteiger partial charge in [-0.15, -0.1) is 0 Å². The molecule has 6 heteroatoms. The number of halogens is 1. The van der Waals surface area contributed by atoms with E-state index in [1.807, 2.05) is 0 Å². The molecule has 1 N–H and O–H groups in total. The topological polar surface area (TPSA) is 63.2 Å². The Kier molecular flexibility index (Phi) is 3.68. The lowest BCUT2D eigenvalue weighted by atomic mass is 10.0. The molecule has 4 nitrogen and oxygen atoms in total. The standard InChI is InChI=1S/C6H12ClNO3S/c1-5(9)4-6(2,3)8-12(7,10)11/h8H,4H2,1-3H3. The summed E-state index contributed by atoms with van der Waals surface area (Å²) in [5.41, 5.74) is -0.813. The molecule has 0 atom stereocenters. The lowest BCUT2D eigenvalue weighted by molar-refractivity contribution is -0.117. The lowest BCUT2D eigenvalue weighted by Gasteiger charge is -2.22. The number of rotatable bonds is 4. The van der Waals surface area contributed by atoms with Crippen LogP contribution in [0.1, 0.15) is 27.2 Å². The maximum Gasteiger partial charge on any atom is 0.297 e. The minimum Gasteiger partial charge on any atom is -0.300 e. The van der Waals surface area contributed by atoms with Crippen molar-refractivity contribution in [2.75, 3.05) is 0 Å². The number of hydrogen-bond donors (Lipinski definition) is 1. The Morgan fingerprint density at radius 1 is 1.50 bits per heavy atom. The van der Waals surface area contributed by atoms with E-state index in [9.17, 15) is 13.2 Å². The van der Waals surface area contributed by atoms with Crippen molar-refractivity contribution in [1.29, 1.82) is 0 Å². The molecule has 0 bridgehead atoms. The predicted molar refractivity (Wildman–Crippen MR) is 47.3 cm³/mol. The molecule has 0 spiro atoms. The molecule has 0 radical (unpaired) electrons. The number of hydrogen-bond acceptors (Lipinski definition) is 3. The first-order valence-corrected chi connectivity index (χ1v) is 5.66. The van der Waals surface area contributed by atoms with E-state index in [0.29, 0.717) is 0 Å². The van der Waals surface area contributed by atoms with Crippen molar-refractivity contribution in [3.05, 3.63) is 0 Å². The van der Waals surface area contributed by atoms with Gasteiger partial charge in [-0.25, -0.2) is 0 Å². The van der Waals surface area contributed by atoms with Crippen LogP contribution in [0.15, 0.2) is 0 Å². The number of ketones is 1. The predicted octanol–water partition coefficient (Wildman–Crippen LogP) is 0.817. The molecule has 0 heterocycles. The Hall–Kier alpha value is -0.130. The van der Waals surface area contributed by atoms with Gasteiger partial charge in [0.05, 0.1) is 0 Å². The van der Waals surface area contributed by atoms with Crippen molar-refractivity contribution in [1.82, 2.24) is 4.72 Å². The van der Waals surface area contributed by atoms with Crippen LogP contribution in [0.25, 0.3) is 0 Å². The van der Waals surface area contributed by atoms with Gasteiger partial charge in [-0.3, -0.25) is 4.79 Å². The summed E-state index contributed by atoms with van der Waals surface area (Å²) in [6.07, 6.45) is 0.124. The van der Waals surface area contributed by atoms with Crippen LogP contribution in [0.4, 0.5) is 0 Å². The minimum absolute atomic E-state index is 0.0900. The number of nitrogens with one attached hydrogen (secondary N) is 1. The van der Waals surface area contributed by atoms with Crippen LogP contribution in [0.2, 0.25) is 0 Å². The highest BCUT2D eigenvalue weighted by Gasteiger charge is 2.24. The van der Waals surface area contributed by atoms with Gasteiger partial charge in [-0.1, -0.05) is 0 Å². The molecule has 0 aromatic heterocycles. The smallest absolute Gasteiger partial charge is 0.297 e. The molecule has 72 valence electrons. The van der Waals surface area contributed by atoms with Gasteiger partial charge in [0.15, 0.2) is 0 Å². The summed E-state index contributed by atoms with van der Waals surface area (Å²) in [4.78, 5) is 10.7. The Morgan fingerprint density at radius 3 is 2.17 bits per heavy atom. The first kappa shape index (κ1) is 11.9. The van der Waals surface area contributed by atoms with Crippen molar-refractivity contribution in [2.45, 2.75) is 32.7 Å². The summed E-state index contributed by atoms with van der Waals surface area (Å²) in [5, 5.41) is 0. The third-order valence-corrected chi connectivity index (χ3v) is 2.12. The second kappa shape index (κ2) is 3.72. The van der Waals surface area contributed by atoms with Gasteiger partial charge in [-0.05, 0) is 20.8 Å². The monoisotopic (exact) mass is 213 g/mol. The lowest BCUT2D eigenvalue weighted by Crippen LogP contribution is -2.42. The zero-order valence-electron chi connectivity index (χ0n) is 7.22. The second-order valence-corrected chi connectivity index (χ2v) is 5.60. The largest absolute Gasteiger partial charge is 0.300 e.